The first-order valence-electron chi connectivity index (χ1n) is 10.2. The van der Waals surface area contributed by atoms with Gasteiger partial charge in [0.15, 0.2) is 6.23 Å². The van der Waals surface area contributed by atoms with Crippen LogP contribution < -0.4 is 0 Å². The zero-order valence-corrected chi connectivity index (χ0v) is 16.9. The number of amides is 1. The molecule has 0 radical (unpaired) electrons. The largest absolute Gasteiger partial charge is 0.407 e. The zero-order valence-electron chi connectivity index (χ0n) is 16.9. The minimum absolute atomic E-state index is 0.0125. The van der Waals surface area contributed by atoms with E-state index in [-0.39, 0.29) is 42.5 Å². The summed E-state index contributed by atoms with van der Waals surface area (Å²) in [5.41, 5.74) is 0.785. The maximum atomic E-state index is 13.0. The number of carbonyl (C=O) groups excluding carboxylic acids is 1. The van der Waals surface area contributed by atoms with E-state index in [0.29, 0.717) is 19.3 Å². The molecule has 0 aliphatic carbocycles. The molecular weight excluding hydrogens is 403 g/mol. The Bertz CT molecular complexity index is 771. The zero-order chi connectivity index (χ0) is 21.6. The second-order valence-corrected chi connectivity index (χ2v) is 8.35. The summed E-state index contributed by atoms with van der Waals surface area (Å²) < 4.78 is 43.3. The summed E-state index contributed by atoms with van der Waals surface area (Å²) in [5, 5.41) is 14.7. The van der Waals surface area contributed by atoms with E-state index in [9.17, 15) is 23.1 Å². The molecule has 8 nitrogen and oxygen atoms in total. The number of likely N-dealkylation sites (tertiary alicyclic amines) is 1. The molecule has 0 bridgehead atoms. The van der Waals surface area contributed by atoms with Crippen LogP contribution in [0.15, 0.2) is 15.1 Å². The second-order valence-electron chi connectivity index (χ2n) is 8.35. The van der Waals surface area contributed by atoms with Crippen molar-refractivity contribution in [3.05, 3.63) is 0 Å². The van der Waals surface area contributed by atoms with E-state index in [1.165, 1.54) is 13.3 Å². The van der Waals surface area contributed by atoms with E-state index in [0.717, 1.165) is 10.7 Å². The minimum Gasteiger partial charge on any atom is -0.377 e. The molecule has 0 saturated carbocycles. The number of fused-ring (bicyclic) bond motifs is 1. The molecule has 0 aromatic carbocycles. The predicted molar refractivity (Wildman–Crippen MR) is 104 cm³/mol. The van der Waals surface area contributed by atoms with Gasteiger partial charge in [0, 0.05) is 31.2 Å². The first-order chi connectivity index (χ1) is 14.2. The molecule has 0 spiro atoms. The van der Waals surface area contributed by atoms with Crippen LogP contribution >= 0.6 is 0 Å². The summed E-state index contributed by atoms with van der Waals surface area (Å²) in [6, 6.07) is -0.845. The van der Waals surface area contributed by atoms with E-state index in [1.807, 2.05) is 6.92 Å². The van der Waals surface area contributed by atoms with Crippen LogP contribution in [0.3, 0.4) is 0 Å². The van der Waals surface area contributed by atoms with Gasteiger partial charge in [-0.1, -0.05) is 0 Å². The Balaban J connectivity index is 1.47. The lowest BCUT2D eigenvalue weighted by Crippen LogP contribution is -2.46. The highest BCUT2D eigenvalue weighted by atomic mass is 19.4. The SMILES string of the molecule is COC1CC(C2CCC3C(=O)N(C4C=NN(CC(F)(F)F)C4)C(C)C3=N2)C=NC1O. The Morgan fingerprint density at radius 2 is 2.07 bits per heavy atom. The highest BCUT2D eigenvalue weighted by molar-refractivity contribution is 6.14. The fourth-order valence-electron chi connectivity index (χ4n) is 4.93. The molecule has 0 aromatic rings. The molecule has 4 heterocycles. The Hall–Kier alpha value is -2.01. The number of aliphatic hydroxyl groups excluding tert-OH is 1. The summed E-state index contributed by atoms with van der Waals surface area (Å²) in [6.07, 6.45) is -0.493. The van der Waals surface area contributed by atoms with Gasteiger partial charge in [-0.05, 0) is 26.2 Å². The van der Waals surface area contributed by atoms with Crippen molar-refractivity contribution in [2.45, 2.75) is 62.8 Å². The summed E-state index contributed by atoms with van der Waals surface area (Å²) >= 11 is 0. The van der Waals surface area contributed by atoms with Gasteiger partial charge in [-0.25, -0.2) is 0 Å². The molecule has 1 N–H and O–H groups in total. The maximum absolute atomic E-state index is 13.0. The smallest absolute Gasteiger partial charge is 0.377 e. The van der Waals surface area contributed by atoms with E-state index in [2.05, 4.69) is 10.1 Å². The molecule has 166 valence electrons. The summed E-state index contributed by atoms with van der Waals surface area (Å²) in [7, 11) is 1.54. The average molecular weight is 429 g/mol. The second kappa shape index (κ2) is 7.92. The molecule has 4 aliphatic heterocycles. The number of aliphatic hydroxyl groups is 1. The van der Waals surface area contributed by atoms with Crippen molar-refractivity contribution in [2.75, 3.05) is 20.2 Å². The first-order valence-corrected chi connectivity index (χ1v) is 10.2. The highest BCUT2D eigenvalue weighted by Gasteiger charge is 2.49. The van der Waals surface area contributed by atoms with Gasteiger partial charge in [-0.15, -0.1) is 0 Å². The molecule has 11 heteroatoms. The van der Waals surface area contributed by atoms with Crippen LogP contribution in [-0.2, 0) is 9.53 Å². The number of hydrogen-bond donors (Lipinski definition) is 1. The third kappa shape index (κ3) is 3.96. The normalized spacial score (nSPS) is 38.9. The van der Waals surface area contributed by atoms with Gasteiger partial charge in [0.05, 0.1) is 30.6 Å². The van der Waals surface area contributed by atoms with Crippen molar-refractivity contribution in [3.8, 4) is 0 Å². The van der Waals surface area contributed by atoms with Crippen LogP contribution in [0.5, 0.6) is 0 Å². The molecule has 7 unspecified atom stereocenters. The molecule has 4 rings (SSSR count). The molecule has 1 amide bonds. The van der Waals surface area contributed by atoms with E-state index >= 15 is 0 Å². The lowest BCUT2D eigenvalue weighted by atomic mass is 9.83. The van der Waals surface area contributed by atoms with Crippen molar-refractivity contribution in [1.29, 1.82) is 0 Å². The number of methoxy groups -OCH3 is 1. The number of alkyl halides is 3. The summed E-state index contributed by atoms with van der Waals surface area (Å²) in [4.78, 5) is 23.6. The number of ether oxygens (including phenoxy) is 1. The van der Waals surface area contributed by atoms with Gasteiger partial charge in [0.2, 0.25) is 5.91 Å². The third-order valence-electron chi connectivity index (χ3n) is 6.40. The van der Waals surface area contributed by atoms with Crippen molar-refractivity contribution in [3.63, 3.8) is 0 Å². The van der Waals surface area contributed by atoms with E-state index in [1.54, 1.807) is 11.1 Å². The number of carbonyl (C=O) groups is 1. The number of hydrogen-bond acceptors (Lipinski definition) is 7. The van der Waals surface area contributed by atoms with Crippen molar-refractivity contribution in [1.82, 2.24) is 9.91 Å². The van der Waals surface area contributed by atoms with Crippen LogP contribution in [0.4, 0.5) is 13.2 Å². The first kappa shape index (κ1) is 21.2. The van der Waals surface area contributed by atoms with Gasteiger partial charge < -0.3 is 14.7 Å². The standard InChI is InChI=1S/C19H26F3N5O3/c1-10-16-13(3-4-14(25-16)11-5-15(30-2)17(28)23-6-11)18(29)27(10)12-7-24-26(8-12)9-19(20,21)22/h6-7,10-15,17,28H,3-5,8-9H2,1-2H3. The average Bonchev–Trinajstić information content (AvgIpc) is 3.23. The quantitative estimate of drug-likeness (QED) is 0.725. The van der Waals surface area contributed by atoms with Gasteiger partial charge in [-0.2, -0.15) is 18.3 Å². The molecular formula is C19H26F3N5O3. The fourth-order valence-corrected chi connectivity index (χ4v) is 4.93. The Morgan fingerprint density at radius 1 is 1.30 bits per heavy atom. The van der Waals surface area contributed by atoms with Crippen molar-refractivity contribution in [2.24, 2.45) is 26.9 Å². The molecule has 4 aliphatic rings. The van der Waals surface area contributed by atoms with Crippen molar-refractivity contribution < 1.29 is 27.8 Å². The Kier molecular flexibility index (Phi) is 5.60. The van der Waals surface area contributed by atoms with Gasteiger partial charge in [-0.3, -0.25) is 19.8 Å². The van der Waals surface area contributed by atoms with Crippen LogP contribution in [0.2, 0.25) is 0 Å². The number of nitrogens with zero attached hydrogens (tertiary/aromatic N) is 5. The Labute approximate surface area is 172 Å². The number of rotatable bonds is 4. The molecule has 0 aromatic heterocycles. The lowest BCUT2D eigenvalue weighted by Gasteiger charge is -2.33. The topological polar surface area (TPSA) is 90.1 Å². The summed E-state index contributed by atoms with van der Waals surface area (Å²) in [6.45, 7) is 0.772. The molecule has 1 fully saturated rings. The predicted octanol–water partition coefficient (Wildman–Crippen LogP) is 1.09. The van der Waals surface area contributed by atoms with Crippen LogP contribution in [0.1, 0.15) is 26.2 Å². The third-order valence-corrected chi connectivity index (χ3v) is 6.40. The van der Waals surface area contributed by atoms with Crippen LogP contribution in [0, 0.1) is 11.8 Å². The van der Waals surface area contributed by atoms with E-state index in [4.69, 9.17) is 9.73 Å². The summed E-state index contributed by atoms with van der Waals surface area (Å²) in [5.74, 6) is -0.406. The monoisotopic (exact) mass is 429 g/mol. The number of aliphatic imine (C=N–C) groups is 2. The lowest BCUT2D eigenvalue weighted by molar-refractivity contribution is -0.146. The van der Waals surface area contributed by atoms with E-state index < -0.39 is 25.0 Å². The van der Waals surface area contributed by atoms with Gasteiger partial charge in [0.25, 0.3) is 0 Å². The van der Waals surface area contributed by atoms with Gasteiger partial charge >= 0.3 is 6.18 Å². The van der Waals surface area contributed by atoms with Crippen LogP contribution in [-0.4, -0.2) is 95.9 Å². The van der Waals surface area contributed by atoms with Gasteiger partial charge in [0.1, 0.15) is 12.6 Å². The maximum Gasteiger partial charge on any atom is 0.407 e. The molecule has 1 saturated heterocycles. The Morgan fingerprint density at radius 3 is 2.77 bits per heavy atom. The number of hydrazone groups is 1. The molecule has 30 heavy (non-hydrogen) atoms. The van der Waals surface area contributed by atoms with Crippen molar-refractivity contribution >= 4 is 24.0 Å². The number of halogens is 3. The molecule has 7 atom stereocenters. The van der Waals surface area contributed by atoms with Crippen LogP contribution in [0.25, 0.3) is 0 Å². The minimum atomic E-state index is -4.34. The highest BCUT2D eigenvalue weighted by Crippen LogP contribution is 2.36. The fraction of sp³-hybridized carbons (Fsp3) is 0.789.